The van der Waals surface area contributed by atoms with Gasteiger partial charge in [-0.25, -0.2) is 0 Å². The normalized spacial score (nSPS) is 11.0. The first-order valence-corrected chi connectivity index (χ1v) is 8.25. The SMILES string of the molecule is Cc1ccc(CNCCc2nc(-c3ccc(Cl)cc3)no2)s1. The Bertz CT molecular complexity index is 736. The quantitative estimate of drug-likeness (QED) is 0.690. The lowest BCUT2D eigenvalue weighted by Gasteiger charge is -1.99. The summed E-state index contributed by atoms with van der Waals surface area (Å²) < 4.78 is 5.27. The average molecular weight is 334 g/mol. The number of rotatable bonds is 6. The summed E-state index contributed by atoms with van der Waals surface area (Å²) in [5, 5.41) is 8.08. The van der Waals surface area contributed by atoms with Crippen LogP contribution in [0.2, 0.25) is 5.02 Å². The van der Waals surface area contributed by atoms with Crippen LogP contribution in [-0.2, 0) is 13.0 Å². The predicted molar refractivity (Wildman–Crippen MR) is 89.2 cm³/mol. The maximum atomic E-state index is 5.87. The molecule has 3 aromatic rings. The number of thiophene rings is 1. The fourth-order valence-corrected chi connectivity index (χ4v) is 3.05. The molecular weight excluding hydrogens is 318 g/mol. The second-order valence-corrected chi connectivity index (χ2v) is 6.77. The van der Waals surface area contributed by atoms with Crippen molar-refractivity contribution in [1.82, 2.24) is 15.5 Å². The van der Waals surface area contributed by atoms with Crippen molar-refractivity contribution in [2.45, 2.75) is 19.9 Å². The van der Waals surface area contributed by atoms with Crippen LogP contribution in [0.5, 0.6) is 0 Å². The van der Waals surface area contributed by atoms with E-state index in [9.17, 15) is 0 Å². The zero-order valence-corrected chi connectivity index (χ0v) is 13.7. The van der Waals surface area contributed by atoms with Gasteiger partial charge in [0.2, 0.25) is 11.7 Å². The third kappa shape index (κ3) is 3.94. The van der Waals surface area contributed by atoms with Crippen molar-refractivity contribution in [2.75, 3.05) is 6.54 Å². The highest BCUT2D eigenvalue weighted by Crippen LogP contribution is 2.18. The molecule has 0 aliphatic carbocycles. The average Bonchev–Trinajstić information content (AvgIpc) is 3.14. The Morgan fingerprint density at radius 2 is 2.00 bits per heavy atom. The lowest BCUT2D eigenvalue weighted by molar-refractivity contribution is 0.376. The number of hydrogen-bond acceptors (Lipinski definition) is 5. The molecule has 0 unspecified atom stereocenters. The van der Waals surface area contributed by atoms with Crippen molar-refractivity contribution in [1.29, 1.82) is 0 Å². The predicted octanol–water partition coefficient (Wildman–Crippen LogP) is 4.09. The molecule has 0 fully saturated rings. The molecule has 22 heavy (non-hydrogen) atoms. The van der Waals surface area contributed by atoms with Gasteiger partial charge in [0, 0.05) is 39.9 Å². The molecule has 1 aromatic carbocycles. The van der Waals surface area contributed by atoms with E-state index in [1.807, 2.05) is 35.6 Å². The van der Waals surface area contributed by atoms with Gasteiger partial charge in [-0.05, 0) is 43.3 Å². The number of aryl methyl sites for hydroxylation is 1. The van der Waals surface area contributed by atoms with Gasteiger partial charge >= 0.3 is 0 Å². The highest BCUT2D eigenvalue weighted by molar-refractivity contribution is 7.11. The van der Waals surface area contributed by atoms with Crippen LogP contribution in [0.1, 0.15) is 15.6 Å². The lowest BCUT2D eigenvalue weighted by atomic mass is 10.2. The van der Waals surface area contributed by atoms with E-state index in [0.29, 0.717) is 23.2 Å². The number of halogens is 1. The van der Waals surface area contributed by atoms with Crippen molar-refractivity contribution >= 4 is 22.9 Å². The first-order valence-electron chi connectivity index (χ1n) is 7.05. The molecule has 0 radical (unpaired) electrons. The topological polar surface area (TPSA) is 51.0 Å². The fraction of sp³-hybridized carbons (Fsp3) is 0.250. The number of nitrogens with one attached hydrogen (secondary N) is 1. The number of benzene rings is 1. The first kappa shape index (κ1) is 15.2. The summed E-state index contributed by atoms with van der Waals surface area (Å²) in [5.74, 6) is 1.24. The molecule has 0 saturated carbocycles. The van der Waals surface area contributed by atoms with Crippen LogP contribution in [0.3, 0.4) is 0 Å². The van der Waals surface area contributed by atoms with Crippen LogP contribution in [0.15, 0.2) is 40.9 Å². The van der Waals surface area contributed by atoms with Gasteiger partial charge < -0.3 is 9.84 Å². The van der Waals surface area contributed by atoms with Gasteiger partial charge in [-0.3, -0.25) is 0 Å². The molecule has 0 spiro atoms. The summed E-state index contributed by atoms with van der Waals surface area (Å²) >= 11 is 7.68. The monoisotopic (exact) mass is 333 g/mol. The molecular formula is C16H16ClN3OS. The van der Waals surface area contributed by atoms with Crippen molar-refractivity contribution in [2.24, 2.45) is 0 Å². The Labute approximate surface area is 138 Å². The van der Waals surface area contributed by atoms with Crippen LogP contribution in [0, 0.1) is 6.92 Å². The molecule has 3 rings (SSSR count). The summed E-state index contributed by atoms with van der Waals surface area (Å²) in [5.41, 5.74) is 0.904. The van der Waals surface area contributed by atoms with E-state index in [0.717, 1.165) is 18.7 Å². The van der Waals surface area contributed by atoms with E-state index in [2.05, 4.69) is 34.5 Å². The number of hydrogen-bond donors (Lipinski definition) is 1. The molecule has 0 atom stereocenters. The highest BCUT2D eigenvalue weighted by atomic mass is 35.5. The molecule has 2 aromatic heterocycles. The van der Waals surface area contributed by atoms with E-state index in [-0.39, 0.29) is 0 Å². The van der Waals surface area contributed by atoms with Crippen molar-refractivity contribution in [3.05, 3.63) is 57.1 Å². The standard InChI is InChI=1S/C16H16ClN3OS/c1-11-2-7-14(22-11)10-18-9-8-15-19-16(20-21-15)12-3-5-13(17)6-4-12/h2-7,18H,8-10H2,1H3. The van der Waals surface area contributed by atoms with Gasteiger partial charge in [0.25, 0.3) is 0 Å². The summed E-state index contributed by atoms with van der Waals surface area (Å²) in [6.07, 6.45) is 0.713. The van der Waals surface area contributed by atoms with Gasteiger partial charge in [-0.2, -0.15) is 4.98 Å². The maximum absolute atomic E-state index is 5.87. The molecule has 2 heterocycles. The molecule has 4 nitrogen and oxygen atoms in total. The zero-order valence-electron chi connectivity index (χ0n) is 12.2. The van der Waals surface area contributed by atoms with Crippen LogP contribution in [0.25, 0.3) is 11.4 Å². The van der Waals surface area contributed by atoms with Gasteiger partial charge in [0.15, 0.2) is 0 Å². The minimum absolute atomic E-state index is 0.598. The minimum Gasteiger partial charge on any atom is -0.339 e. The van der Waals surface area contributed by atoms with Crippen molar-refractivity contribution < 1.29 is 4.52 Å². The van der Waals surface area contributed by atoms with Gasteiger partial charge in [-0.15, -0.1) is 11.3 Å². The maximum Gasteiger partial charge on any atom is 0.228 e. The molecule has 6 heteroatoms. The third-order valence-electron chi connectivity index (χ3n) is 3.18. The van der Waals surface area contributed by atoms with Crippen molar-refractivity contribution in [3.63, 3.8) is 0 Å². The smallest absolute Gasteiger partial charge is 0.228 e. The Hall–Kier alpha value is -1.69. The molecule has 0 saturated heterocycles. The Balaban J connectivity index is 1.50. The highest BCUT2D eigenvalue weighted by Gasteiger charge is 2.08. The molecule has 0 amide bonds. The molecule has 0 bridgehead atoms. The van der Waals surface area contributed by atoms with Gasteiger partial charge in [0.05, 0.1) is 0 Å². The van der Waals surface area contributed by atoms with Gasteiger partial charge in [-0.1, -0.05) is 16.8 Å². The van der Waals surface area contributed by atoms with E-state index >= 15 is 0 Å². The van der Waals surface area contributed by atoms with Gasteiger partial charge in [0.1, 0.15) is 0 Å². The summed E-state index contributed by atoms with van der Waals surface area (Å²) in [6.45, 7) is 3.79. The van der Waals surface area contributed by atoms with E-state index < -0.39 is 0 Å². The third-order valence-corrected chi connectivity index (χ3v) is 4.43. The molecule has 0 aliphatic rings. The van der Waals surface area contributed by atoms with E-state index in [1.54, 1.807) is 0 Å². The van der Waals surface area contributed by atoms with Crippen LogP contribution < -0.4 is 5.32 Å². The summed E-state index contributed by atoms with van der Waals surface area (Å²) in [6, 6.07) is 11.7. The van der Waals surface area contributed by atoms with E-state index in [1.165, 1.54) is 9.75 Å². The Kier molecular flexibility index (Phi) is 4.87. The second-order valence-electron chi connectivity index (χ2n) is 4.96. The summed E-state index contributed by atoms with van der Waals surface area (Å²) in [4.78, 5) is 7.07. The summed E-state index contributed by atoms with van der Waals surface area (Å²) in [7, 11) is 0. The lowest BCUT2D eigenvalue weighted by Crippen LogP contribution is -2.16. The second kappa shape index (κ2) is 7.05. The number of aromatic nitrogens is 2. The van der Waals surface area contributed by atoms with Crippen molar-refractivity contribution in [3.8, 4) is 11.4 Å². The van der Waals surface area contributed by atoms with E-state index in [4.69, 9.17) is 16.1 Å². The molecule has 114 valence electrons. The zero-order chi connectivity index (χ0) is 15.4. The Morgan fingerprint density at radius 1 is 1.18 bits per heavy atom. The molecule has 0 aliphatic heterocycles. The first-order chi connectivity index (χ1) is 10.7. The van der Waals surface area contributed by atoms with Crippen LogP contribution in [-0.4, -0.2) is 16.7 Å². The van der Waals surface area contributed by atoms with Crippen LogP contribution in [0.4, 0.5) is 0 Å². The molecule has 1 N–H and O–H groups in total. The largest absolute Gasteiger partial charge is 0.339 e. The fourth-order valence-electron chi connectivity index (χ4n) is 2.06. The minimum atomic E-state index is 0.598. The number of nitrogens with zero attached hydrogens (tertiary/aromatic N) is 2. The Morgan fingerprint density at radius 3 is 2.73 bits per heavy atom. The van der Waals surface area contributed by atoms with Crippen LogP contribution >= 0.6 is 22.9 Å².